The predicted molar refractivity (Wildman–Crippen MR) is 143 cm³/mol. The first-order valence-corrected chi connectivity index (χ1v) is 13.4. The molecule has 2 aromatic carbocycles. The summed E-state index contributed by atoms with van der Waals surface area (Å²) in [7, 11) is -0.245. The Kier molecular flexibility index (Phi) is 7.01. The van der Waals surface area contributed by atoms with Crippen molar-refractivity contribution >= 4 is 40.1 Å². The summed E-state index contributed by atoms with van der Waals surface area (Å²) in [6.07, 6.45) is 2.08. The van der Waals surface area contributed by atoms with Gasteiger partial charge in [0.15, 0.2) is 0 Å². The lowest BCUT2D eigenvalue weighted by molar-refractivity contribution is 0.0544. The number of methoxy groups -OCH3 is 1. The molecule has 0 aliphatic rings. The molecule has 2 heterocycles. The molecule has 0 atom stereocenters. The minimum atomic E-state index is -3.76. The molecule has 4 rings (SSSR count). The Balaban J connectivity index is 1.80. The van der Waals surface area contributed by atoms with Crippen LogP contribution >= 0.6 is 0 Å². The fourth-order valence-electron chi connectivity index (χ4n) is 3.67. The highest BCUT2D eigenvalue weighted by Crippen LogP contribution is 2.32. The second-order valence-corrected chi connectivity index (χ2v) is 11.6. The van der Waals surface area contributed by atoms with Crippen LogP contribution in [0.25, 0.3) is 22.2 Å². The quantitative estimate of drug-likeness (QED) is 0.281. The highest BCUT2D eigenvalue weighted by atomic mass is 32.2. The Hall–Kier alpha value is -3.86. The molecule has 37 heavy (non-hydrogen) atoms. The van der Waals surface area contributed by atoms with Gasteiger partial charge in [-0.2, -0.15) is 4.98 Å². The minimum absolute atomic E-state index is 0.0899. The second-order valence-electron chi connectivity index (χ2n) is 9.70. The Morgan fingerprint density at radius 1 is 1.05 bits per heavy atom. The van der Waals surface area contributed by atoms with Gasteiger partial charge >= 0.3 is 6.09 Å². The predicted octanol–water partition coefficient (Wildman–Crippen LogP) is 3.13. The molecule has 4 aromatic rings. The summed E-state index contributed by atoms with van der Waals surface area (Å²) in [5, 5.41) is 0.339. The molecule has 0 saturated carbocycles. The van der Waals surface area contributed by atoms with Crippen LogP contribution in [0.2, 0.25) is 0 Å². The minimum Gasteiger partial charge on any atom is -0.497 e. The molecule has 0 aliphatic heterocycles. The van der Waals surface area contributed by atoms with Gasteiger partial charge in [-0.3, -0.25) is 4.57 Å². The molecule has 0 amide bonds. The van der Waals surface area contributed by atoms with Crippen LogP contribution in [0.15, 0.2) is 59.9 Å². The van der Waals surface area contributed by atoms with E-state index in [4.69, 9.17) is 14.2 Å². The van der Waals surface area contributed by atoms with Gasteiger partial charge in [0.2, 0.25) is 15.7 Å². The number of sulfone groups is 1. The van der Waals surface area contributed by atoms with E-state index >= 15 is 0 Å². The van der Waals surface area contributed by atoms with Gasteiger partial charge in [-0.25, -0.2) is 18.2 Å². The van der Waals surface area contributed by atoms with Crippen molar-refractivity contribution in [3.63, 3.8) is 0 Å². The number of rotatable bonds is 6. The first kappa shape index (κ1) is 26.2. The average Bonchev–Trinajstić information content (AvgIpc) is 3.20. The van der Waals surface area contributed by atoms with Crippen molar-refractivity contribution in [3.8, 4) is 22.9 Å². The summed E-state index contributed by atoms with van der Waals surface area (Å²) < 4.78 is 42.9. The maximum Gasteiger partial charge on any atom is 0.419 e. The van der Waals surface area contributed by atoms with Crippen LogP contribution in [-0.2, 0) is 21.2 Å². The van der Waals surface area contributed by atoms with Gasteiger partial charge in [-0.05, 0) is 44.5 Å². The summed E-state index contributed by atoms with van der Waals surface area (Å²) in [5.41, 5.74) is 2.57. The zero-order chi connectivity index (χ0) is 27.0. The first-order chi connectivity index (χ1) is 17.3. The Labute approximate surface area is 216 Å². The number of ether oxygens (including phenoxy) is 3. The molecule has 0 fully saturated rings. The number of carbonyl (C=O) groups is 1. The number of benzene rings is 2. The summed E-state index contributed by atoms with van der Waals surface area (Å²) >= 11 is 0. The molecule has 0 unspecified atom stereocenters. The van der Waals surface area contributed by atoms with E-state index < -0.39 is 21.5 Å². The van der Waals surface area contributed by atoms with Gasteiger partial charge in [0.05, 0.1) is 18.3 Å². The van der Waals surface area contributed by atoms with Crippen molar-refractivity contribution in [2.45, 2.75) is 38.1 Å². The van der Waals surface area contributed by atoms with E-state index in [1.54, 1.807) is 52.3 Å². The van der Waals surface area contributed by atoms with Gasteiger partial charge in [0, 0.05) is 29.5 Å². The summed E-state index contributed by atoms with van der Waals surface area (Å²) in [4.78, 5) is 21.4. The highest BCUT2D eigenvalue weighted by molar-refractivity contribution is 7.90. The monoisotopic (exact) mass is 521 g/mol. The first-order valence-electron chi connectivity index (χ1n) is 11.5. The molecule has 0 spiro atoms. The fraction of sp³-hybridized carbons (Fsp3) is 0.269. The summed E-state index contributed by atoms with van der Waals surface area (Å²) in [5.74, 6) is 0.802. The largest absolute Gasteiger partial charge is 0.497 e. The van der Waals surface area contributed by atoms with Crippen molar-refractivity contribution < 1.29 is 27.4 Å². The van der Waals surface area contributed by atoms with Gasteiger partial charge in [-0.1, -0.05) is 29.7 Å². The number of hydrogen-bond acceptors (Lipinski definition) is 8. The maximum atomic E-state index is 13.0. The van der Waals surface area contributed by atoms with Crippen LogP contribution in [0.4, 0.5) is 4.79 Å². The number of carbonyl (C=O) groups excluding carboxylic acids is 1. The van der Waals surface area contributed by atoms with Crippen LogP contribution < -0.4 is 14.9 Å². The van der Waals surface area contributed by atoms with Crippen LogP contribution in [0, 0.1) is 0 Å². The Morgan fingerprint density at radius 3 is 2.38 bits per heavy atom. The molecular formula is C26H28BN3O6S. The molecule has 0 radical (unpaired) electrons. The zero-order valence-corrected chi connectivity index (χ0v) is 22.4. The van der Waals surface area contributed by atoms with Crippen LogP contribution in [0.1, 0.15) is 26.3 Å². The van der Waals surface area contributed by atoms with Crippen molar-refractivity contribution in [3.05, 3.63) is 60.3 Å². The fourth-order valence-corrected chi connectivity index (χ4v) is 4.19. The standard InChI is InChI=1S/C26H28BN3O6S/c1-26(2,3)36-25(31)30-14-20(19-12-17(27)8-11-22(19)30)21-13-23(29-24(28-21)37(5,32)33)35-15-16-6-9-18(34-4)10-7-16/h6-14H,15,27H2,1-5H3. The SMILES string of the molecule is Bc1ccc2c(c1)c(-c1cc(OCc3ccc(OC)cc3)nc(S(C)(=O)=O)n1)cn2C(=O)OC(C)(C)C. The molecule has 192 valence electrons. The lowest BCUT2D eigenvalue weighted by Crippen LogP contribution is -2.26. The Bertz CT molecular complexity index is 1570. The molecular weight excluding hydrogens is 493 g/mol. The van der Waals surface area contributed by atoms with E-state index in [1.807, 2.05) is 38.2 Å². The average molecular weight is 521 g/mol. The van der Waals surface area contributed by atoms with E-state index in [-0.39, 0.29) is 17.6 Å². The van der Waals surface area contributed by atoms with Gasteiger partial charge < -0.3 is 14.2 Å². The number of aromatic nitrogens is 3. The van der Waals surface area contributed by atoms with E-state index in [0.717, 1.165) is 17.3 Å². The smallest absolute Gasteiger partial charge is 0.419 e. The maximum absolute atomic E-state index is 13.0. The molecule has 0 aliphatic carbocycles. The lowest BCUT2D eigenvalue weighted by Gasteiger charge is -2.19. The van der Waals surface area contributed by atoms with Gasteiger partial charge in [-0.15, -0.1) is 0 Å². The van der Waals surface area contributed by atoms with Crippen molar-refractivity contribution in [1.82, 2.24) is 14.5 Å². The van der Waals surface area contributed by atoms with Gasteiger partial charge in [0.25, 0.3) is 5.16 Å². The molecule has 9 nitrogen and oxygen atoms in total. The summed E-state index contributed by atoms with van der Waals surface area (Å²) in [6.45, 7) is 5.52. The van der Waals surface area contributed by atoms with E-state index in [1.165, 1.54) is 4.57 Å². The Morgan fingerprint density at radius 2 is 1.76 bits per heavy atom. The molecule has 0 N–H and O–H groups in total. The molecule has 0 bridgehead atoms. The number of fused-ring (bicyclic) bond motifs is 1. The van der Waals surface area contributed by atoms with Gasteiger partial charge in [0.1, 0.15) is 25.8 Å². The molecule has 2 aromatic heterocycles. The van der Waals surface area contributed by atoms with E-state index in [2.05, 4.69) is 9.97 Å². The van der Waals surface area contributed by atoms with Crippen LogP contribution in [-0.4, -0.2) is 55.9 Å². The second kappa shape index (κ2) is 9.89. The van der Waals surface area contributed by atoms with Crippen LogP contribution in [0.5, 0.6) is 11.6 Å². The number of hydrogen-bond donors (Lipinski definition) is 0. The summed E-state index contributed by atoms with van der Waals surface area (Å²) in [6, 6.07) is 14.5. The highest BCUT2D eigenvalue weighted by Gasteiger charge is 2.23. The molecule has 11 heteroatoms. The third kappa shape index (κ3) is 6.11. The molecule has 0 saturated heterocycles. The lowest BCUT2D eigenvalue weighted by atomic mass is 9.94. The van der Waals surface area contributed by atoms with Crippen LogP contribution in [0.3, 0.4) is 0 Å². The zero-order valence-electron chi connectivity index (χ0n) is 21.6. The van der Waals surface area contributed by atoms with Crippen molar-refractivity contribution in [2.24, 2.45) is 0 Å². The third-order valence-corrected chi connectivity index (χ3v) is 6.23. The van der Waals surface area contributed by atoms with E-state index in [9.17, 15) is 13.2 Å². The normalized spacial score (nSPS) is 11.9. The topological polar surface area (TPSA) is 110 Å². The van der Waals surface area contributed by atoms with Crippen molar-refractivity contribution in [2.75, 3.05) is 13.4 Å². The van der Waals surface area contributed by atoms with E-state index in [0.29, 0.717) is 27.9 Å². The number of nitrogens with zero attached hydrogens (tertiary/aromatic N) is 3. The van der Waals surface area contributed by atoms with Crippen molar-refractivity contribution in [1.29, 1.82) is 0 Å². The third-order valence-electron chi connectivity index (χ3n) is 5.39.